The summed E-state index contributed by atoms with van der Waals surface area (Å²) in [6.07, 6.45) is 25.0. The molecule has 0 aliphatic rings. The molecular formula is C64H92O14. The van der Waals surface area contributed by atoms with E-state index >= 15 is 0 Å². The third kappa shape index (κ3) is 25.9. The van der Waals surface area contributed by atoms with Crippen LogP contribution in [0.5, 0.6) is 40.2 Å². The summed E-state index contributed by atoms with van der Waals surface area (Å²) in [6, 6.07) is 13.4. The van der Waals surface area contributed by atoms with Crippen molar-refractivity contribution in [2.45, 2.75) is 182 Å². The van der Waals surface area contributed by atoms with E-state index in [0.29, 0.717) is 111 Å². The Kier molecular flexibility index (Phi) is 34.6. The van der Waals surface area contributed by atoms with E-state index in [2.05, 4.69) is 34.3 Å². The van der Waals surface area contributed by atoms with Crippen LogP contribution in [-0.2, 0) is 28.7 Å². The van der Waals surface area contributed by atoms with Gasteiger partial charge in [-0.25, -0.2) is 14.4 Å². The zero-order chi connectivity index (χ0) is 56.6. The molecule has 2 atom stereocenters. The molecule has 3 rings (SSSR count). The first-order valence-corrected chi connectivity index (χ1v) is 29.0. The van der Waals surface area contributed by atoms with Crippen molar-refractivity contribution < 1.29 is 66.9 Å². The van der Waals surface area contributed by atoms with Crippen LogP contribution in [0.25, 0.3) is 12.2 Å². The number of carbonyl (C=O) groups excluding carboxylic acids is 4. The molecule has 14 heteroatoms. The van der Waals surface area contributed by atoms with Crippen molar-refractivity contribution in [2.75, 3.05) is 46.2 Å². The lowest BCUT2D eigenvalue weighted by Gasteiger charge is -2.25. The van der Waals surface area contributed by atoms with Crippen LogP contribution in [0, 0.1) is 5.92 Å². The lowest BCUT2D eigenvalue weighted by atomic mass is 9.99. The topological polar surface area (TPSA) is 172 Å². The van der Waals surface area contributed by atoms with Gasteiger partial charge < -0.3 is 47.7 Å². The molecule has 78 heavy (non-hydrogen) atoms. The monoisotopic (exact) mass is 1080 g/mol. The van der Waals surface area contributed by atoms with Gasteiger partial charge in [0.15, 0.2) is 23.0 Å². The van der Waals surface area contributed by atoms with E-state index in [1.165, 1.54) is 36.4 Å². The van der Waals surface area contributed by atoms with E-state index in [9.17, 15) is 24.3 Å². The van der Waals surface area contributed by atoms with Crippen LogP contribution >= 0.6 is 0 Å². The number of hydrogen-bond donors (Lipinski definition) is 1. The number of benzene rings is 3. The quantitative estimate of drug-likeness (QED) is 0.0245. The molecule has 14 nitrogen and oxygen atoms in total. The third-order valence-corrected chi connectivity index (χ3v) is 12.8. The van der Waals surface area contributed by atoms with Gasteiger partial charge in [-0.2, -0.15) is 0 Å². The molecule has 3 aromatic carbocycles. The number of esters is 4. The first kappa shape index (κ1) is 66.0. The van der Waals surface area contributed by atoms with Gasteiger partial charge in [-0.3, -0.25) is 4.79 Å². The van der Waals surface area contributed by atoms with Crippen molar-refractivity contribution in [1.82, 2.24) is 0 Å². The van der Waals surface area contributed by atoms with Crippen LogP contribution in [0.2, 0.25) is 0 Å². The van der Waals surface area contributed by atoms with Gasteiger partial charge in [-0.15, -0.1) is 0 Å². The van der Waals surface area contributed by atoms with Crippen molar-refractivity contribution in [3.63, 3.8) is 0 Å². The molecule has 0 saturated heterocycles. The van der Waals surface area contributed by atoms with Crippen molar-refractivity contribution in [2.24, 2.45) is 5.92 Å². The Balaban J connectivity index is 1.85. The first-order valence-electron chi connectivity index (χ1n) is 29.0. The smallest absolute Gasteiger partial charge is 0.336 e. The molecule has 432 valence electrons. The van der Waals surface area contributed by atoms with Crippen LogP contribution in [0.15, 0.2) is 73.3 Å². The predicted molar refractivity (Wildman–Crippen MR) is 308 cm³/mol. The van der Waals surface area contributed by atoms with Crippen LogP contribution < -0.4 is 33.2 Å². The largest absolute Gasteiger partial charge is 0.490 e. The van der Waals surface area contributed by atoms with Crippen LogP contribution in [0.1, 0.15) is 199 Å². The average molecular weight is 1090 g/mol. The lowest BCUT2D eigenvalue weighted by Crippen LogP contribution is -2.19. The van der Waals surface area contributed by atoms with E-state index in [1.54, 1.807) is 18.2 Å². The Bertz CT molecular complexity index is 2250. The van der Waals surface area contributed by atoms with Crippen LogP contribution in [0.3, 0.4) is 0 Å². The van der Waals surface area contributed by atoms with Crippen molar-refractivity contribution >= 4 is 36.0 Å². The fraction of sp³-hybridized carbons (Fsp3) is 0.562. The fourth-order valence-electron chi connectivity index (χ4n) is 7.97. The van der Waals surface area contributed by atoms with Crippen molar-refractivity contribution in [1.29, 1.82) is 0 Å². The summed E-state index contributed by atoms with van der Waals surface area (Å²) in [5.74, 6) is 0.436. The van der Waals surface area contributed by atoms with E-state index < -0.39 is 24.0 Å². The number of rotatable bonds is 44. The zero-order valence-electron chi connectivity index (χ0n) is 47.9. The van der Waals surface area contributed by atoms with Crippen LogP contribution in [0.4, 0.5) is 0 Å². The molecule has 2 unspecified atom stereocenters. The van der Waals surface area contributed by atoms with Crippen molar-refractivity contribution in [3.8, 4) is 40.2 Å². The number of ether oxygens (including phenoxy) is 9. The van der Waals surface area contributed by atoms with Gasteiger partial charge in [0.1, 0.15) is 17.6 Å². The predicted octanol–water partition coefficient (Wildman–Crippen LogP) is 15.1. The molecule has 0 heterocycles. The van der Waals surface area contributed by atoms with Gasteiger partial charge >= 0.3 is 23.9 Å². The standard InChI is InChI=1S/C64H92O14/c1-8-14-18-22-45-72-60-50(30-38-54(62(60)74-47-24-20-16-10-3)55(29-28-42-65)78-64(69)49(7)12-5)32-40-58(67)76-52-34-36-53(37-35-52)77-59(68)41-33-51-31-39-56(70-43-26-27-44-71-57(66)13-6)63(75-48-25-21-17-11-4)61(51)73-46-23-19-15-9-2/h13,30-41,49,55,65H,6,8-12,14-29,42-48H2,1-5,7H3. The number of carbonyl (C=O) groups is 4. The molecule has 3 aromatic rings. The molecule has 0 fully saturated rings. The lowest BCUT2D eigenvalue weighted by molar-refractivity contribution is -0.154. The number of aliphatic hydroxyl groups is 1. The van der Waals surface area contributed by atoms with E-state index in [0.717, 1.165) is 109 Å². The van der Waals surface area contributed by atoms with E-state index in [1.807, 2.05) is 32.0 Å². The zero-order valence-corrected chi connectivity index (χ0v) is 47.9. The molecule has 0 amide bonds. The van der Waals surface area contributed by atoms with Crippen molar-refractivity contribution in [3.05, 3.63) is 90.0 Å². The highest BCUT2D eigenvalue weighted by molar-refractivity contribution is 5.90. The summed E-state index contributed by atoms with van der Waals surface area (Å²) in [7, 11) is 0. The molecule has 0 saturated carbocycles. The summed E-state index contributed by atoms with van der Waals surface area (Å²) >= 11 is 0. The average Bonchev–Trinajstić information content (AvgIpc) is 3.46. The second kappa shape index (κ2) is 40.9. The normalized spacial score (nSPS) is 12.0. The first-order chi connectivity index (χ1) is 38.0. The minimum atomic E-state index is -0.687. The minimum Gasteiger partial charge on any atom is -0.490 e. The highest BCUT2D eigenvalue weighted by Crippen LogP contribution is 2.43. The number of hydrogen-bond acceptors (Lipinski definition) is 14. The van der Waals surface area contributed by atoms with E-state index in [4.69, 9.17) is 42.6 Å². The maximum Gasteiger partial charge on any atom is 0.336 e. The minimum absolute atomic E-state index is 0.0667. The molecule has 0 bridgehead atoms. The number of aliphatic hydroxyl groups excluding tert-OH is 1. The molecule has 0 aliphatic heterocycles. The highest BCUT2D eigenvalue weighted by atomic mass is 16.6. The Labute approximate surface area is 466 Å². The maximum absolute atomic E-state index is 13.4. The summed E-state index contributed by atoms with van der Waals surface area (Å²) < 4.78 is 54.6. The molecule has 0 aliphatic carbocycles. The molecule has 0 radical (unpaired) electrons. The summed E-state index contributed by atoms with van der Waals surface area (Å²) in [4.78, 5) is 51.3. The van der Waals surface area contributed by atoms with Gasteiger partial charge in [0, 0.05) is 41.5 Å². The molecule has 1 N–H and O–H groups in total. The second-order valence-electron chi connectivity index (χ2n) is 19.4. The fourth-order valence-corrected chi connectivity index (χ4v) is 7.97. The summed E-state index contributed by atoms with van der Waals surface area (Å²) in [5.41, 5.74) is 1.84. The van der Waals surface area contributed by atoms with Gasteiger partial charge in [-0.1, -0.05) is 137 Å². The van der Waals surface area contributed by atoms with Gasteiger partial charge in [0.25, 0.3) is 0 Å². The Hall–Kier alpha value is -6.28. The summed E-state index contributed by atoms with van der Waals surface area (Å²) in [6.45, 7) is 18.1. The van der Waals surface area contributed by atoms with Gasteiger partial charge in [-0.05, 0) is 106 Å². The molecule has 0 spiro atoms. The maximum atomic E-state index is 13.4. The third-order valence-electron chi connectivity index (χ3n) is 12.8. The molecule has 0 aromatic heterocycles. The molecular weight excluding hydrogens is 993 g/mol. The SMILES string of the molecule is C=CC(=O)OCCCCOc1ccc(C=CC(=O)Oc2ccc(OC(=O)C=Cc3ccc(C(CCCO)OC(=O)C(C)CC)c(OCCCCCC)c3OCCCCCC)cc2)c(OCCCCCC)c1OCCCCCC. The Morgan fingerprint density at radius 3 is 1.41 bits per heavy atom. The Morgan fingerprint density at radius 2 is 0.936 bits per heavy atom. The van der Waals surface area contributed by atoms with E-state index in [-0.39, 0.29) is 36.6 Å². The van der Waals surface area contributed by atoms with Gasteiger partial charge in [0.05, 0.1) is 45.6 Å². The number of unbranched alkanes of at least 4 members (excludes halogenated alkanes) is 13. The Morgan fingerprint density at radius 1 is 0.500 bits per heavy atom. The van der Waals surface area contributed by atoms with Gasteiger partial charge in [0.2, 0.25) is 5.75 Å². The second-order valence-corrected chi connectivity index (χ2v) is 19.4. The highest BCUT2D eigenvalue weighted by Gasteiger charge is 2.27. The summed E-state index contributed by atoms with van der Waals surface area (Å²) in [5, 5.41) is 9.81. The van der Waals surface area contributed by atoms with Crippen LogP contribution in [-0.4, -0.2) is 75.2 Å².